The third-order valence-corrected chi connectivity index (χ3v) is 4.13. The highest BCUT2D eigenvalue weighted by Gasteiger charge is 2.32. The molecule has 0 saturated carbocycles. The largest absolute Gasteiger partial charge is 0.309 e. The summed E-state index contributed by atoms with van der Waals surface area (Å²) >= 11 is 0. The zero-order chi connectivity index (χ0) is 17.5. The number of unbranched alkanes of at least 4 members (excludes halogenated alkanes) is 3. The van der Waals surface area contributed by atoms with E-state index in [1.807, 2.05) is 20.8 Å². The van der Waals surface area contributed by atoms with Crippen molar-refractivity contribution in [2.45, 2.75) is 66.2 Å². The monoisotopic (exact) mass is 325 g/mol. The normalized spacial score (nSPS) is 11.6. The minimum atomic E-state index is -0.680. The lowest BCUT2D eigenvalue weighted by molar-refractivity contribution is -0.127. The van der Waals surface area contributed by atoms with Crippen molar-refractivity contribution >= 4 is 11.6 Å². The summed E-state index contributed by atoms with van der Waals surface area (Å²) in [6, 6.07) is 3.41. The number of hydrogen-bond donors (Lipinski definition) is 0. The highest BCUT2D eigenvalue weighted by Crippen LogP contribution is 2.30. The van der Waals surface area contributed by atoms with Crippen LogP contribution in [-0.2, 0) is 4.79 Å². The molecule has 0 spiro atoms. The average molecular weight is 325 g/mol. The number of rotatable bonds is 9. The molecule has 0 atom stereocenters. The maximum absolute atomic E-state index is 14.2. The highest BCUT2D eigenvalue weighted by molar-refractivity contribution is 5.97. The second-order valence-corrected chi connectivity index (χ2v) is 6.75. The summed E-state index contributed by atoms with van der Waals surface area (Å²) in [6.45, 7) is 8.39. The van der Waals surface area contributed by atoms with Crippen LogP contribution in [0.1, 0.15) is 66.2 Å². The van der Waals surface area contributed by atoms with E-state index in [4.69, 9.17) is 0 Å². The molecular weight excluding hydrogens is 296 g/mol. The first-order valence-electron chi connectivity index (χ1n) is 8.60. The maximum atomic E-state index is 14.2. The van der Waals surface area contributed by atoms with Crippen LogP contribution < -0.4 is 4.90 Å². The van der Waals surface area contributed by atoms with Gasteiger partial charge in [-0.15, -0.1) is 0 Å². The lowest BCUT2D eigenvalue weighted by Crippen LogP contribution is -2.42. The fourth-order valence-corrected chi connectivity index (χ4v) is 2.83. The van der Waals surface area contributed by atoms with E-state index in [9.17, 15) is 13.6 Å². The summed E-state index contributed by atoms with van der Waals surface area (Å²) in [6.07, 6.45) is 5.62. The van der Waals surface area contributed by atoms with Crippen LogP contribution in [0.2, 0.25) is 0 Å². The van der Waals surface area contributed by atoms with E-state index in [-0.39, 0.29) is 11.6 Å². The van der Waals surface area contributed by atoms with Crippen LogP contribution in [0.25, 0.3) is 0 Å². The summed E-state index contributed by atoms with van der Waals surface area (Å²) in [7, 11) is 0. The Labute approximate surface area is 138 Å². The molecule has 1 aromatic rings. The Bertz CT molecular complexity index is 514. The Balaban J connectivity index is 3.03. The molecule has 0 N–H and O–H groups in total. The zero-order valence-electron chi connectivity index (χ0n) is 14.8. The van der Waals surface area contributed by atoms with E-state index in [0.717, 1.165) is 44.6 Å². The minimum Gasteiger partial charge on any atom is -0.309 e. The van der Waals surface area contributed by atoms with Crippen LogP contribution >= 0.6 is 0 Å². The Morgan fingerprint density at radius 1 is 1.09 bits per heavy atom. The molecule has 0 unspecified atom stereocenters. The number of carbonyl (C=O) groups is 1. The molecule has 0 bridgehead atoms. The van der Waals surface area contributed by atoms with Gasteiger partial charge in [-0.05, 0) is 25.0 Å². The standard InChI is InChI=1S/C19H29F2NO/c1-5-7-8-9-13-22(18(23)19(3,4)12-6-2)17-11-10-15(20)14-16(17)21/h10-11,14H,5-9,12-13H2,1-4H3. The molecule has 0 saturated heterocycles. The van der Waals surface area contributed by atoms with Crippen LogP contribution in [0, 0.1) is 17.0 Å². The van der Waals surface area contributed by atoms with E-state index < -0.39 is 17.0 Å². The number of anilines is 1. The number of halogens is 2. The zero-order valence-corrected chi connectivity index (χ0v) is 14.8. The smallest absolute Gasteiger partial charge is 0.232 e. The van der Waals surface area contributed by atoms with Crippen LogP contribution in [-0.4, -0.2) is 12.5 Å². The molecule has 1 aromatic carbocycles. The number of hydrogen-bond acceptors (Lipinski definition) is 1. The van der Waals surface area contributed by atoms with Gasteiger partial charge in [-0.1, -0.05) is 53.4 Å². The van der Waals surface area contributed by atoms with E-state index in [1.54, 1.807) is 0 Å². The van der Waals surface area contributed by atoms with Gasteiger partial charge >= 0.3 is 0 Å². The van der Waals surface area contributed by atoms with Crippen molar-refractivity contribution in [2.24, 2.45) is 5.41 Å². The molecular formula is C19H29F2NO. The first kappa shape index (κ1) is 19.6. The fourth-order valence-electron chi connectivity index (χ4n) is 2.83. The van der Waals surface area contributed by atoms with Gasteiger partial charge in [0, 0.05) is 18.0 Å². The molecule has 0 aliphatic heterocycles. The lowest BCUT2D eigenvalue weighted by Gasteiger charge is -2.32. The topological polar surface area (TPSA) is 20.3 Å². The quantitative estimate of drug-likeness (QED) is 0.533. The molecule has 0 radical (unpaired) electrons. The Kier molecular flexibility index (Phi) is 7.66. The van der Waals surface area contributed by atoms with Gasteiger partial charge in [0.1, 0.15) is 11.6 Å². The van der Waals surface area contributed by atoms with E-state index >= 15 is 0 Å². The second-order valence-electron chi connectivity index (χ2n) is 6.75. The fraction of sp³-hybridized carbons (Fsp3) is 0.632. The molecule has 0 aromatic heterocycles. The van der Waals surface area contributed by atoms with Crippen LogP contribution in [0.5, 0.6) is 0 Å². The van der Waals surface area contributed by atoms with E-state index in [0.29, 0.717) is 6.54 Å². The molecule has 130 valence electrons. The third-order valence-electron chi connectivity index (χ3n) is 4.13. The summed E-state index contributed by atoms with van der Waals surface area (Å²) in [5.41, 5.74) is -0.377. The van der Waals surface area contributed by atoms with Crippen LogP contribution in [0.4, 0.5) is 14.5 Å². The number of nitrogens with zero attached hydrogens (tertiary/aromatic N) is 1. The summed E-state index contributed by atoms with van der Waals surface area (Å²) in [5.74, 6) is -1.40. The Morgan fingerprint density at radius 2 is 1.78 bits per heavy atom. The summed E-state index contributed by atoms with van der Waals surface area (Å²) in [5, 5.41) is 0. The summed E-state index contributed by atoms with van der Waals surface area (Å²) < 4.78 is 27.4. The van der Waals surface area contributed by atoms with Gasteiger partial charge in [0.15, 0.2) is 0 Å². The number of carbonyl (C=O) groups excluding carboxylic acids is 1. The van der Waals surface area contributed by atoms with Crippen molar-refractivity contribution in [2.75, 3.05) is 11.4 Å². The van der Waals surface area contributed by atoms with Crippen LogP contribution in [0.15, 0.2) is 18.2 Å². The Hall–Kier alpha value is -1.45. The predicted octanol–water partition coefficient (Wildman–Crippen LogP) is 5.70. The molecule has 1 rings (SSSR count). The van der Waals surface area contributed by atoms with Crippen molar-refractivity contribution in [1.82, 2.24) is 0 Å². The van der Waals surface area contributed by atoms with Gasteiger partial charge < -0.3 is 4.90 Å². The Morgan fingerprint density at radius 3 is 2.35 bits per heavy atom. The second kappa shape index (κ2) is 8.99. The van der Waals surface area contributed by atoms with Gasteiger partial charge in [0.25, 0.3) is 0 Å². The van der Waals surface area contributed by atoms with Gasteiger partial charge in [-0.2, -0.15) is 0 Å². The van der Waals surface area contributed by atoms with Gasteiger partial charge in [-0.3, -0.25) is 4.79 Å². The van der Waals surface area contributed by atoms with Crippen molar-refractivity contribution in [3.8, 4) is 0 Å². The van der Waals surface area contributed by atoms with Crippen molar-refractivity contribution in [3.05, 3.63) is 29.8 Å². The lowest BCUT2D eigenvalue weighted by atomic mass is 9.86. The van der Waals surface area contributed by atoms with Crippen molar-refractivity contribution < 1.29 is 13.6 Å². The first-order valence-corrected chi connectivity index (χ1v) is 8.60. The minimum absolute atomic E-state index is 0.0960. The van der Waals surface area contributed by atoms with E-state index in [2.05, 4.69) is 6.92 Å². The molecule has 4 heteroatoms. The van der Waals surface area contributed by atoms with Crippen molar-refractivity contribution in [3.63, 3.8) is 0 Å². The first-order chi connectivity index (χ1) is 10.8. The van der Waals surface area contributed by atoms with Crippen LogP contribution in [0.3, 0.4) is 0 Å². The summed E-state index contributed by atoms with van der Waals surface area (Å²) in [4.78, 5) is 14.4. The maximum Gasteiger partial charge on any atom is 0.232 e. The number of benzene rings is 1. The van der Waals surface area contributed by atoms with Gasteiger partial charge in [0.2, 0.25) is 5.91 Å². The van der Waals surface area contributed by atoms with Gasteiger partial charge in [-0.25, -0.2) is 8.78 Å². The van der Waals surface area contributed by atoms with Crippen molar-refractivity contribution in [1.29, 1.82) is 0 Å². The molecule has 1 amide bonds. The SMILES string of the molecule is CCCCCCN(C(=O)C(C)(C)CCC)c1ccc(F)cc1F. The molecule has 0 aliphatic rings. The molecule has 0 aliphatic carbocycles. The molecule has 2 nitrogen and oxygen atoms in total. The predicted molar refractivity (Wildman–Crippen MR) is 91.5 cm³/mol. The number of amides is 1. The highest BCUT2D eigenvalue weighted by atomic mass is 19.1. The third kappa shape index (κ3) is 5.60. The molecule has 23 heavy (non-hydrogen) atoms. The van der Waals surface area contributed by atoms with Gasteiger partial charge in [0.05, 0.1) is 5.69 Å². The van der Waals surface area contributed by atoms with E-state index in [1.165, 1.54) is 17.0 Å². The average Bonchev–Trinajstić information content (AvgIpc) is 2.48. The molecule has 0 fully saturated rings. The molecule has 0 heterocycles.